The number of benzene rings is 1. The summed E-state index contributed by atoms with van der Waals surface area (Å²) in [4.78, 5) is 26.2. The normalized spacial score (nSPS) is 14.8. The third-order valence-electron chi connectivity index (χ3n) is 4.13. The van der Waals surface area contributed by atoms with Gasteiger partial charge in [0.2, 0.25) is 0 Å². The number of nitrogens with zero attached hydrogens (tertiary/aromatic N) is 1. The van der Waals surface area contributed by atoms with Crippen molar-refractivity contribution in [3.05, 3.63) is 41.5 Å². The molecule has 0 fully saturated rings. The molecule has 4 nitrogen and oxygen atoms in total. The molecular formula is C18H24N2O2. The van der Waals surface area contributed by atoms with Gasteiger partial charge in [0.1, 0.15) is 5.78 Å². The molecule has 118 valence electrons. The van der Waals surface area contributed by atoms with Gasteiger partial charge in [-0.15, -0.1) is 0 Å². The molecule has 1 aromatic rings. The molecule has 1 unspecified atom stereocenters. The first-order valence-electron chi connectivity index (χ1n) is 7.80. The predicted octanol–water partition coefficient (Wildman–Crippen LogP) is 3.32. The average molecular weight is 300 g/mol. The number of Topliss-reactive ketones (excluding diaryl/α,β-unsaturated/α-hetero) is 1. The average Bonchev–Trinajstić information content (AvgIpc) is 2.75. The fourth-order valence-corrected chi connectivity index (χ4v) is 2.98. The smallest absolute Gasteiger partial charge is 0.255 e. The van der Waals surface area contributed by atoms with E-state index in [9.17, 15) is 9.59 Å². The number of anilines is 1. The van der Waals surface area contributed by atoms with Crippen LogP contribution in [0.4, 0.5) is 5.69 Å². The van der Waals surface area contributed by atoms with E-state index in [-0.39, 0.29) is 17.7 Å². The number of nitrogen functional groups attached to an aromatic ring is 1. The molecule has 1 aromatic carbocycles. The SMILES string of the molecule is C=C(C)C(CCC(=O)CCC)N1Cc2cc(N)ccc2C1=O. The van der Waals surface area contributed by atoms with E-state index in [1.165, 1.54) is 0 Å². The molecule has 1 amide bonds. The lowest BCUT2D eigenvalue weighted by atomic mass is 10.00. The third-order valence-corrected chi connectivity index (χ3v) is 4.13. The first-order valence-corrected chi connectivity index (χ1v) is 7.80. The van der Waals surface area contributed by atoms with Crippen LogP contribution < -0.4 is 5.73 Å². The van der Waals surface area contributed by atoms with Gasteiger partial charge in [-0.2, -0.15) is 0 Å². The van der Waals surface area contributed by atoms with Crippen LogP contribution in [-0.2, 0) is 11.3 Å². The fourth-order valence-electron chi connectivity index (χ4n) is 2.98. The molecule has 1 aliphatic rings. The lowest BCUT2D eigenvalue weighted by Crippen LogP contribution is -2.36. The Morgan fingerprint density at radius 2 is 2.14 bits per heavy atom. The van der Waals surface area contributed by atoms with Crippen molar-refractivity contribution in [3.63, 3.8) is 0 Å². The molecule has 2 N–H and O–H groups in total. The summed E-state index contributed by atoms with van der Waals surface area (Å²) in [6.45, 7) is 8.46. The Morgan fingerprint density at radius 3 is 2.77 bits per heavy atom. The largest absolute Gasteiger partial charge is 0.399 e. The number of carbonyl (C=O) groups excluding carboxylic acids is 2. The van der Waals surface area contributed by atoms with Crippen LogP contribution in [0.2, 0.25) is 0 Å². The molecule has 1 aliphatic heterocycles. The first kappa shape index (κ1) is 16.3. The summed E-state index contributed by atoms with van der Waals surface area (Å²) in [5.41, 5.74) is 9.04. The Balaban J connectivity index is 2.12. The van der Waals surface area contributed by atoms with Gasteiger partial charge < -0.3 is 10.6 Å². The number of rotatable bonds is 7. The van der Waals surface area contributed by atoms with Crippen molar-refractivity contribution in [2.75, 3.05) is 5.73 Å². The number of fused-ring (bicyclic) bond motifs is 1. The molecule has 4 heteroatoms. The van der Waals surface area contributed by atoms with E-state index >= 15 is 0 Å². The maximum Gasteiger partial charge on any atom is 0.255 e. The monoisotopic (exact) mass is 300 g/mol. The van der Waals surface area contributed by atoms with Gasteiger partial charge in [-0.3, -0.25) is 9.59 Å². The van der Waals surface area contributed by atoms with Gasteiger partial charge in [0.05, 0.1) is 6.04 Å². The first-order chi connectivity index (χ1) is 10.4. The van der Waals surface area contributed by atoms with Crippen molar-refractivity contribution in [3.8, 4) is 0 Å². The highest BCUT2D eigenvalue weighted by Crippen LogP contribution is 2.29. The summed E-state index contributed by atoms with van der Waals surface area (Å²) in [5, 5.41) is 0. The molecule has 0 radical (unpaired) electrons. The van der Waals surface area contributed by atoms with Gasteiger partial charge in [0, 0.05) is 30.6 Å². The second kappa shape index (κ2) is 6.77. The van der Waals surface area contributed by atoms with E-state index in [0.29, 0.717) is 37.1 Å². The van der Waals surface area contributed by atoms with E-state index in [4.69, 9.17) is 5.73 Å². The molecule has 0 aromatic heterocycles. The van der Waals surface area contributed by atoms with E-state index in [0.717, 1.165) is 17.6 Å². The third kappa shape index (κ3) is 3.38. The minimum Gasteiger partial charge on any atom is -0.399 e. The van der Waals surface area contributed by atoms with Gasteiger partial charge >= 0.3 is 0 Å². The van der Waals surface area contributed by atoms with Crippen LogP contribution in [0.1, 0.15) is 55.5 Å². The Kier molecular flexibility index (Phi) is 5.01. The molecule has 0 spiro atoms. The highest BCUT2D eigenvalue weighted by Gasteiger charge is 2.33. The summed E-state index contributed by atoms with van der Waals surface area (Å²) in [6, 6.07) is 5.29. The van der Waals surface area contributed by atoms with E-state index in [1.54, 1.807) is 12.1 Å². The Hall–Kier alpha value is -2.10. The Bertz CT molecular complexity index is 607. The number of amides is 1. The van der Waals surface area contributed by atoms with Crippen LogP contribution in [0.15, 0.2) is 30.4 Å². The van der Waals surface area contributed by atoms with Crippen LogP contribution in [0.5, 0.6) is 0 Å². The molecule has 2 rings (SSSR count). The van der Waals surface area contributed by atoms with Crippen LogP contribution in [0.25, 0.3) is 0 Å². The highest BCUT2D eigenvalue weighted by molar-refractivity contribution is 5.99. The van der Waals surface area contributed by atoms with Crippen molar-refractivity contribution in [1.29, 1.82) is 0 Å². The molecular weight excluding hydrogens is 276 g/mol. The van der Waals surface area contributed by atoms with Crippen molar-refractivity contribution in [1.82, 2.24) is 4.90 Å². The summed E-state index contributed by atoms with van der Waals surface area (Å²) in [5.74, 6) is 0.257. The second-order valence-corrected chi connectivity index (χ2v) is 6.04. The van der Waals surface area contributed by atoms with Gasteiger partial charge in [-0.25, -0.2) is 0 Å². The zero-order valence-electron chi connectivity index (χ0n) is 13.4. The van der Waals surface area contributed by atoms with Crippen molar-refractivity contribution in [2.24, 2.45) is 0 Å². The highest BCUT2D eigenvalue weighted by atomic mass is 16.2. The van der Waals surface area contributed by atoms with Gasteiger partial charge in [-0.1, -0.05) is 19.1 Å². The van der Waals surface area contributed by atoms with Gasteiger partial charge in [0.15, 0.2) is 0 Å². The van der Waals surface area contributed by atoms with Crippen LogP contribution in [0.3, 0.4) is 0 Å². The maximum atomic E-state index is 12.6. The fraction of sp³-hybridized carbons (Fsp3) is 0.444. The van der Waals surface area contributed by atoms with Crippen molar-refractivity contribution < 1.29 is 9.59 Å². The number of hydrogen-bond donors (Lipinski definition) is 1. The Labute approximate surface area is 132 Å². The van der Waals surface area contributed by atoms with Crippen LogP contribution in [0, 0.1) is 0 Å². The Morgan fingerprint density at radius 1 is 1.41 bits per heavy atom. The van der Waals surface area contributed by atoms with Crippen LogP contribution >= 0.6 is 0 Å². The maximum absolute atomic E-state index is 12.6. The topological polar surface area (TPSA) is 63.4 Å². The zero-order valence-corrected chi connectivity index (χ0v) is 13.4. The number of carbonyl (C=O) groups is 2. The van der Waals surface area contributed by atoms with Crippen molar-refractivity contribution in [2.45, 2.75) is 52.1 Å². The predicted molar refractivity (Wildman–Crippen MR) is 88.5 cm³/mol. The summed E-state index contributed by atoms with van der Waals surface area (Å²) >= 11 is 0. The summed E-state index contributed by atoms with van der Waals surface area (Å²) in [6.07, 6.45) is 2.61. The molecule has 1 atom stereocenters. The number of ketones is 1. The van der Waals surface area contributed by atoms with Crippen LogP contribution in [-0.4, -0.2) is 22.6 Å². The zero-order chi connectivity index (χ0) is 16.3. The second-order valence-electron chi connectivity index (χ2n) is 6.04. The quantitative estimate of drug-likeness (QED) is 0.620. The molecule has 0 bridgehead atoms. The van der Waals surface area contributed by atoms with E-state index in [1.807, 2.05) is 24.8 Å². The minimum atomic E-state index is -0.0954. The standard InChI is InChI=1S/C18H24N2O2/c1-4-5-15(21)7-9-17(12(2)3)20-11-13-10-14(19)6-8-16(13)18(20)22/h6,8,10,17H,2,4-5,7,9,11,19H2,1,3H3. The minimum absolute atomic E-state index is 0.00550. The molecule has 22 heavy (non-hydrogen) atoms. The lowest BCUT2D eigenvalue weighted by Gasteiger charge is -2.28. The molecule has 0 aliphatic carbocycles. The lowest BCUT2D eigenvalue weighted by molar-refractivity contribution is -0.119. The summed E-state index contributed by atoms with van der Waals surface area (Å²) in [7, 11) is 0. The number of nitrogens with two attached hydrogens (primary N) is 1. The van der Waals surface area contributed by atoms with Gasteiger partial charge in [0.25, 0.3) is 5.91 Å². The van der Waals surface area contributed by atoms with E-state index in [2.05, 4.69) is 6.58 Å². The van der Waals surface area contributed by atoms with E-state index < -0.39 is 0 Å². The molecule has 0 saturated carbocycles. The molecule has 1 heterocycles. The molecule has 0 saturated heterocycles. The van der Waals surface area contributed by atoms with Crippen molar-refractivity contribution >= 4 is 17.4 Å². The number of hydrogen-bond acceptors (Lipinski definition) is 3. The summed E-state index contributed by atoms with van der Waals surface area (Å²) < 4.78 is 0. The van der Waals surface area contributed by atoms with Gasteiger partial charge in [-0.05, 0) is 43.5 Å².